The fourth-order valence-electron chi connectivity index (χ4n) is 10.3. The second kappa shape index (κ2) is 44.0. The predicted octanol–water partition coefficient (Wildman–Crippen LogP) is 30.4. The van der Waals surface area contributed by atoms with Crippen molar-refractivity contribution < 1.29 is 4.52 Å². The minimum absolute atomic E-state index is 0.551. The van der Waals surface area contributed by atoms with Gasteiger partial charge in [0, 0.05) is 113 Å². The van der Waals surface area contributed by atoms with Crippen molar-refractivity contribution >= 4 is 268 Å². The molecule has 0 bridgehead atoms. The number of hydrogen-bond donors (Lipinski definition) is 0. The van der Waals surface area contributed by atoms with Gasteiger partial charge in [-0.15, -0.1) is 162 Å². The molecule has 0 fully saturated rings. The zero-order valence-corrected chi connectivity index (χ0v) is 79.1. The molecule has 0 spiro atoms. The first-order chi connectivity index (χ1) is 52.6. The van der Waals surface area contributed by atoms with Gasteiger partial charge in [-0.1, -0.05) is 128 Å². The molecule has 16 heterocycles. The number of nitrogens with zero attached hydrogens (tertiary/aromatic N) is 11. The van der Waals surface area contributed by atoms with Crippen molar-refractivity contribution in [1.29, 1.82) is 0 Å². The summed E-state index contributed by atoms with van der Waals surface area (Å²) in [5.41, 5.74) is 10.8. The molecule has 0 aliphatic heterocycles. The Morgan fingerprint density at radius 1 is 0.455 bits per heavy atom. The highest BCUT2D eigenvalue weighted by atomic mass is 79.9. The third-order valence-electron chi connectivity index (χ3n) is 14.3. The predicted molar refractivity (Wildman–Crippen MR) is 502 cm³/mol. The van der Waals surface area contributed by atoms with Crippen molar-refractivity contribution in [2.24, 2.45) is 0 Å². The quantitative estimate of drug-likeness (QED) is 0.0513. The van der Waals surface area contributed by atoms with E-state index in [0.717, 1.165) is 47.5 Å². The monoisotopic (exact) mass is 1810 g/mol. The van der Waals surface area contributed by atoms with Crippen LogP contribution in [0.15, 0.2) is 198 Å². The van der Waals surface area contributed by atoms with E-state index in [1.54, 1.807) is 92.7 Å². The van der Waals surface area contributed by atoms with Gasteiger partial charge in [-0.2, -0.15) is 5.10 Å². The summed E-state index contributed by atoms with van der Waals surface area (Å²) in [7, 11) is 0. The Morgan fingerprint density at radius 2 is 0.991 bits per heavy atom. The first-order valence-corrected chi connectivity index (χ1v) is 49.2. The highest BCUT2D eigenvalue weighted by Crippen LogP contribution is 2.41. The van der Waals surface area contributed by atoms with Crippen LogP contribution in [0, 0.1) is 27.7 Å². The van der Waals surface area contributed by atoms with Gasteiger partial charge in [0.2, 0.25) is 0 Å². The molecule has 0 radical (unpaired) electrons. The second-order valence-corrected chi connectivity index (χ2v) is 46.7. The van der Waals surface area contributed by atoms with E-state index < -0.39 is 0 Å². The van der Waals surface area contributed by atoms with Gasteiger partial charge < -0.3 is 4.52 Å². The van der Waals surface area contributed by atoms with E-state index in [1.165, 1.54) is 90.3 Å². The number of thiophene rings is 6. The molecule has 12 nitrogen and oxygen atoms in total. The number of hydrogen-bond acceptors (Lipinski definition) is 25. The van der Waals surface area contributed by atoms with E-state index in [4.69, 9.17) is 16.1 Å². The highest BCUT2D eigenvalue weighted by molar-refractivity contribution is 9.10. The molecule has 28 heteroatoms. The van der Waals surface area contributed by atoms with Crippen molar-refractivity contribution in [2.45, 2.75) is 220 Å². The smallest absolute Gasteiger partial charge is 0.259 e. The largest absolute Gasteiger partial charge is 0.336 e. The molecule has 0 saturated heterocycles. The third kappa shape index (κ3) is 26.5. The van der Waals surface area contributed by atoms with E-state index in [9.17, 15) is 0 Å². The molecule has 0 unspecified atom stereocenters. The van der Waals surface area contributed by atoms with Crippen LogP contribution in [0.25, 0.3) is 77.9 Å². The number of halogens is 2. The van der Waals surface area contributed by atoms with E-state index in [-0.39, 0.29) is 0 Å². The van der Waals surface area contributed by atoms with Gasteiger partial charge in [-0.05, 0) is 161 Å². The number of thioether (sulfide) groups is 8. The van der Waals surface area contributed by atoms with Crippen molar-refractivity contribution in [2.75, 3.05) is 0 Å². The van der Waals surface area contributed by atoms with Gasteiger partial charge in [-0.3, -0.25) is 19.9 Å². The van der Waals surface area contributed by atoms with Crippen LogP contribution < -0.4 is 0 Å². The summed E-state index contributed by atoms with van der Waals surface area (Å²) in [5.74, 6) is 0. The van der Waals surface area contributed by atoms with E-state index in [2.05, 4.69) is 279 Å². The standard InChI is InChI=1S/C11H14N2S.2C11H13NS2.C10H10BrNS2.C10H10ClNS2.C10H12N2OS.C10H11NS2.C9H10N2S2/c1-8(2)14-11-7-9(3)6-10-4-5-12-13(10)11;1-7(2)13-10-4-5-12-9-6-8(3)14-11(9)10;1-7(2)14-9-4-5-12-10-8(3)6-13-11(9)10;1-6(2)14-9-7(11)5-12-8-3-4-13-10(8)9;1-6(2)14-8-5-9(11)12-7-3-4-13-10(7)8;1-6(2)14-8-4-5-11-10-9(8)7(3)12-13-10;1-7(2)13-9-3-5-11-8-4-6-12-10(8)9;1-6(2)13-9-7-3-4-12-8(7)10-5-11-9/h4-8H,1-3H3;2*4-7H,1-3H3;2*3-6H,1-2H3;4-6H,1-3H3;3-7H,1-2H3;3-6H,1-2H3. The van der Waals surface area contributed by atoms with Crippen LogP contribution in [-0.2, 0) is 0 Å². The molecule has 0 N–H and O–H groups in total. The summed E-state index contributed by atoms with van der Waals surface area (Å²) in [6.07, 6.45) is 12.8. The van der Waals surface area contributed by atoms with E-state index >= 15 is 0 Å². The van der Waals surface area contributed by atoms with Gasteiger partial charge in [-0.25, -0.2) is 24.5 Å². The summed E-state index contributed by atoms with van der Waals surface area (Å²) < 4.78 is 14.7. The molecule has 0 amide bonds. The Morgan fingerprint density at radius 3 is 1.64 bits per heavy atom. The lowest BCUT2D eigenvalue weighted by molar-refractivity contribution is 0.443. The summed E-state index contributed by atoms with van der Waals surface area (Å²) in [4.78, 5) is 44.6. The first-order valence-electron chi connectivity index (χ1n) is 35.8. The van der Waals surface area contributed by atoms with Crippen LogP contribution in [0.1, 0.15) is 132 Å². The Labute approximate surface area is 719 Å². The number of fused-ring (bicyclic) bond motifs is 8. The molecule has 0 aliphatic rings. The van der Waals surface area contributed by atoms with Crippen LogP contribution in [0.2, 0.25) is 5.15 Å². The van der Waals surface area contributed by atoms with Crippen molar-refractivity contribution in [1.82, 2.24) is 54.6 Å². The van der Waals surface area contributed by atoms with Crippen LogP contribution >= 0.6 is 190 Å². The number of aryl methyl sites for hydroxylation is 4. The Bertz CT molecular complexity index is 5340. The summed E-state index contributed by atoms with van der Waals surface area (Å²) in [6.45, 7) is 43.5. The maximum absolute atomic E-state index is 5.94. The van der Waals surface area contributed by atoms with Gasteiger partial charge in [0.15, 0.2) is 0 Å². The number of rotatable bonds is 16. The van der Waals surface area contributed by atoms with Crippen LogP contribution in [0.3, 0.4) is 0 Å². The molecule has 0 saturated carbocycles. The lowest BCUT2D eigenvalue weighted by atomic mass is 10.3. The molecule has 16 aromatic rings. The zero-order valence-electron chi connectivity index (χ0n) is 65.4. The lowest BCUT2D eigenvalue weighted by Crippen LogP contribution is -1.96. The zero-order chi connectivity index (χ0) is 79.3. The Kier molecular flexibility index (Phi) is 35.7. The topological polar surface area (TPSA) is 146 Å². The van der Waals surface area contributed by atoms with Crippen molar-refractivity contribution in [3.63, 3.8) is 0 Å². The lowest BCUT2D eigenvalue weighted by Gasteiger charge is -2.08. The van der Waals surface area contributed by atoms with Crippen molar-refractivity contribution in [3.05, 3.63) is 181 Å². The maximum Gasteiger partial charge on any atom is 0.259 e. The highest BCUT2D eigenvalue weighted by Gasteiger charge is 2.16. The van der Waals surface area contributed by atoms with Gasteiger partial charge in [0.1, 0.15) is 21.3 Å². The minimum atomic E-state index is 0.551. The number of aromatic nitrogens is 11. The summed E-state index contributed by atoms with van der Waals surface area (Å²) >= 11 is 34.9. The fourth-order valence-corrected chi connectivity index (χ4v) is 24.7. The fraction of sp³-hybridized carbons (Fsp3) is 0.341. The molecule has 0 aliphatic carbocycles. The van der Waals surface area contributed by atoms with Gasteiger partial charge >= 0.3 is 0 Å². The molecule has 16 rings (SSSR count). The van der Waals surface area contributed by atoms with Crippen LogP contribution in [-0.4, -0.2) is 96.6 Å². The van der Waals surface area contributed by atoms with E-state index in [0.29, 0.717) is 52.9 Å². The Balaban J connectivity index is 0.000000145. The third-order valence-corrected chi connectivity index (χ3v) is 30.3. The van der Waals surface area contributed by atoms with Crippen LogP contribution in [0.5, 0.6) is 0 Å². The molecule has 0 aromatic carbocycles. The molecule has 16 aromatic heterocycles. The average Bonchev–Trinajstić information content (AvgIpc) is 1.64. The summed E-state index contributed by atoms with van der Waals surface area (Å²) in [5, 5.41) is 28.6. The normalized spacial score (nSPS) is 11.4. The maximum atomic E-state index is 5.94. The Hall–Kier alpha value is -4.53. The molecule has 110 heavy (non-hydrogen) atoms. The summed E-state index contributed by atoms with van der Waals surface area (Å²) in [6, 6.07) is 27.1. The van der Waals surface area contributed by atoms with E-state index in [1.807, 2.05) is 149 Å². The molecular formula is C82H93BrClN11OS14. The van der Waals surface area contributed by atoms with Gasteiger partial charge in [0.25, 0.3) is 5.71 Å². The van der Waals surface area contributed by atoms with Crippen LogP contribution in [0.4, 0.5) is 0 Å². The molecule has 0 atom stereocenters. The number of pyridine rings is 7. The molecule has 580 valence electrons. The second-order valence-electron chi connectivity index (χ2n) is 26.8. The average molecular weight is 1810 g/mol. The molecular weight excluding hydrogens is 1720 g/mol. The SMILES string of the molecule is CC(C)Sc1c(Br)cnc2ccsc12.CC(C)Sc1cc(Cl)nc2ccsc12.CC(C)Sc1ccnc2ccsc12.CC(C)Sc1ncnc2sccc12.Cc1cc(SC(C)C)n2nccc2c1.Cc1cc2nccc(SC(C)C)c2s1.Cc1csc2c(SC(C)C)ccnc12.Cc1noc2nccc(SC(C)C)c12. The van der Waals surface area contributed by atoms with Gasteiger partial charge in [0.05, 0.1) is 83.4 Å². The first kappa shape index (κ1) is 89.4. The van der Waals surface area contributed by atoms with Crippen molar-refractivity contribution in [3.8, 4) is 0 Å². The minimum Gasteiger partial charge on any atom is -0.336 e.